The molecule has 0 bridgehead atoms. The predicted molar refractivity (Wildman–Crippen MR) is 105 cm³/mol. The molecule has 28 heavy (non-hydrogen) atoms. The number of hydrogen-bond donors (Lipinski definition) is 1. The lowest BCUT2D eigenvalue weighted by atomic mass is 10.2. The molecule has 0 saturated carbocycles. The molecular weight excluding hydrogens is 386 g/mol. The van der Waals surface area contributed by atoms with E-state index in [0.29, 0.717) is 18.6 Å². The maximum Gasteiger partial charge on any atom is 0.311 e. The van der Waals surface area contributed by atoms with Gasteiger partial charge in [0.25, 0.3) is 10.0 Å². The zero-order valence-corrected chi connectivity index (χ0v) is 16.5. The smallest absolute Gasteiger partial charge is 0.311 e. The minimum atomic E-state index is -3.97. The van der Waals surface area contributed by atoms with E-state index in [2.05, 4.69) is 9.93 Å². The van der Waals surface area contributed by atoms with Crippen LogP contribution in [0.4, 0.5) is 5.69 Å². The summed E-state index contributed by atoms with van der Waals surface area (Å²) in [5.41, 5.74) is 0.860. The molecule has 0 radical (unpaired) electrons. The molecule has 0 aliphatic heterocycles. The molecule has 2 aromatic carbocycles. The summed E-state index contributed by atoms with van der Waals surface area (Å²) in [5, 5.41) is 14.9. The van der Waals surface area contributed by atoms with Gasteiger partial charge in [-0.2, -0.15) is 18.4 Å². The molecule has 0 atom stereocenters. The fraction of sp³-hybridized carbons (Fsp3) is 0.278. The first-order chi connectivity index (χ1) is 13.3. The van der Waals surface area contributed by atoms with Crippen molar-refractivity contribution in [2.75, 3.05) is 13.7 Å². The van der Waals surface area contributed by atoms with Gasteiger partial charge in [0.15, 0.2) is 5.75 Å². The number of nitrogens with zero attached hydrogens (tertiary/aromatic N) is 2. The van der Waals surface area contributed by atoms with Crippen LogP contribution in [0.2, 0.25) is 0 Å². The van der Waals surface area contributed by atoms with Crippen molar-refractivity contribution >= 4 is 21.9 Å². The molecule has 1 N–H and O–H groups in total. The molecular formula is C18H21N3O6S. The van der Waals surface area contributed by atoms with E-state index in [-0.39, 0.29) is 22.1 Å². The number of rotatable bonds is 9. The summed E-state index contributed by atoms with van der Waals surface area (Å²) in [7, 11) is -2.60. The van der Waals surface area contributed by atoms with Crippen molar-refractivity contribution in [2.24, 2.45) is 5.10 Å². The molecule has 10 heteroatoms. The summed E-state index contributed by atoms with van der Waals surface area (Å²) in [5.74, 6) is 0.329. The Hall–Kier alpha value is -3.14. The summed E-state index contributed by atoms with van der Waals surface area (Å²) in [4.78, 5) is 12.7. The molecule has 0 spiro atoms. The van der Waals surface area contributed by atoms with Crippen LogP contribution in [-0.2, 0) is 10.0 Å². The number of hydrazone groups is 1. The van der Waals surface area contributed by atoms with E-state index in [0.717, 1.165) is 5.56 Å². The average molecular weight is 407 g/mol. The van der Waals surface area contributed by atoms with Gasteiger partial charge in [0, 0.05) is 11.6 Å². The van der Waals surface area contributed by atoms with Gasteiger partial charge in [-0.3, -0.25) is 10.1 Å². The van der Waals surface area contributed by atoms with Crippen LogP contribution in [0.1, 0.15) is 24.5 Å². The van der Waals surface area contributed by atoms with Gasteiger partial charge >= 0.3 is 5.69 Å². The Bertz CT molecular complexity index is 989. The van der Waals surface area contributed by atoms with Crippen molar-refractivity contribution in [3.8, 4) is 11.5 Å². The second-order valence-corrected chi connectivity index (χ2v) is 7.47. The van der Waals surface area contributed by atoms with Crippen molar-refractivity contribution in [3.05, 3.63) is 57.6 Å². The van der Waals surface area contributed by atoms with Crippen LogP contribution in [0.3, 0.4) is 0 Å². The number of methoxy groups -OCH3 is 1. The zero-order valence-electron chi connectivity index (χ0n) is 15.7. The van der Waals surface area contributed by atoms with Crippen molar-refractivity contribution in [1.82, 2.24) is 4.83 Å². The van der Waals surface area contributed by atoms with Crippen LogP contribution in [0.25, 0.3) is 0 Å². The molecule has 150 valence electrons. The molecule has 0 fully saturated rings. The molecule has 0 aromatic heterocycles. The first-order valence-electron chi connectivity index (χ1n) is 8.39. The molecule has 0 heterocycles. The number of aryl methyl sites for hydroxylation is 1. The Balaban J connectivity index is 2.23. The number of nitrogens with one attached hydrogen (secondary N) is 1. The van der Waals surface area contributed by atoms with Gasteiger partial charge in [-0.25, -0.2) is 0 Å². The first-order valence-corrected chi connectivity index (χ1v) is 9.87. The standard InChI is InChI=1S/C18H21N3O6S/c1-4-9-27-16-8-6-14(11-15(16)21(22)23)12-19-20-28(24,25)18-10-13(2)5-7-17(18)26-3/h5-8,10-12,20H,4,9H2,1-3H3/b19-12+. The van der Waals surface area contributed by atoms with Crippen LogP contribution in [0.15, 0.2) is 46.4 Å². The number of nitro groups is 1. The largest absolute Gasteiger partial charge is 0.495 e. The molecule has 0 aliphatic carbocycles. The highest BCUT2D eigenvalue weighted by Crippen LogP contribution is 2.28. The Morgan fingerprint density at radius 3 is 2.57 bits per heavy atom. The molecule has 0 saturated heterocycles. The third-order valence-corrected chi connectivity index (χ3v) is 4.88. The molecule has 2 aromatic rings. The zero-order chi connectivity index (χ0) is 20.7. The van der Waals surface area contributed by atoms with Crippen LogP contribution < -0.4 is 14.3 Å². The average Bonchev–Trinajstić information content (AvgIpc) is 2.66. The lowest BCUT2D eigenvalue weighted by Gasteiger charge is -2.09. The number of hydrogen-bond acceptors (Lipinski definition) is 7. The van der Waals surface area contributed by atoms with Gasteiger partial charge in [0.2, 0.25) is 0 Å². The normalized spacial score (nSPS) is 11.4. The maximum absolute atomic E-state index is 12.5. The highest BCUT2D eigenvalue weighted by molar-refractivity contribution is 7.89. The third kappa shape index (κ3) is 5.19. The second-order valence-electron chi connectivity index (χ2n) is 5.84. The van der Waals surface area contributed by atoms with Crippen molar-refractivity contribution in [3.63, 3.8) is 0 Å². The van der Waals surface area contributed by atoms with Crippen molar-refractivity contribution in [1.29, 1.82) is 0 Å². The minimum Gasteiger partial charge on any atom is -0.495 e. The van der Waals surface area contributed by atoms with Gasteiger partial charge in [0.05, 0.1) is 24.9 Å². The molecule has 0 amide bonds. The Morgan fingerprint density at radius 1 is 1.21 bits per heavy atom. The first kappa shape index (κ1) is 21.2. The molecule has 0 unspecified atom stereocenters. The number of nitro benzene ring substituents is 1. The summed E-state index contributed by atoms with van der Waals surface area (Å²) in [6.07, 6.45) is 1.89. The monoisotopic (exact) mass is 407 g/mol. The van der Waals surface area contributed by atoms with Crippen LogP contribution in [0, 0.1) is 17.0 Å². The fourth-order valence-electron chi connectivity index (χ4n) is 2.30. The van der Waals surface area contributed by atoms with Crippen LogP contribution >= 0.6 is 0 Å². The van der Waals surface area contributed by atoms with Crippen molar-refractivity contribution < 1.29 is 22.8 Å². The van der Waals surface area contributed by atoms with E-state index in [9.17, 15) is 18.5 Å². The third-order valence-electron chi connectivity index (χ3n) is 3.64. The Labute approximate surface area is 163 Å². The fourth-order valence-corrected chi connectivity index (χ4v) is 3.35. The van der Waals surface area contributed by atoms with Crippen LogP contribution in [-0.4, -0.2) is 33.3 Å². The number of ether oxygens (including phenoxy) is 2. The molecule has 2 rings (SSSR count). The highest BCUT2D eigenvalue weighted by atomic mass is 32.2. The Kier molecular flexibility index (Phi) is 6.94. The summed E-state index contributed by atoms with van der Waals surface area (Å²) >= 11 is 0. The van der Waals surface area contributed by atoms with Gasteiger partial charge in [-0.15, -0.1) is 0 Å². The molecule has 9 nitrogen and oxygen atoms in total. The van der Waals surface area contributed by atoms with Gasteiger partial charge in [-0.05, 0) is 43.2 Å². The summed E-state index contributed by atoms with van der Waals surface area (Å²) in [6, 6.07) is 8.99. The maximum atomic E-state index is 12.5. The Morgan fingerprint density at radius 2 is 1.93 bits per heavy atom. The minimum absolute atomic E-state index is 0.0542. The highest BCUT2D eigenvalue weighted by Gasteiger charge is 2.19. The lowest BCUT2D eigenvalue weighted by molar-refractivity contribution is -0.385. The van der Waals surface area contributed by atoms with E-state index >= 15 is 0 Å². The van der Waals surface area contributed by atoms with E-state index in [1.165, 1.54) is 31.5 Å². The quantitative estimate of drug-likeness (QED) is 0.387. The number of benzene rings is 2. The van der Waals surface area contributed by atoms with E-state index in [1.807, 2.05) is 6.92 Å². The summed E-state index contributed by atoms with van der Waals surface area (Å²) < 4.78 is 35.4. The topological polar surface area (TPSA) is 120 Å². The van der Waals surface area contributed by atoms with Gasteiger partial charge in [0.1, 0.15) is 10.6 Å². The van der Waals surface area contributed by atoms with Crippen molar-refractivity contribution in [2.45, 2.75) is 25.2 Å². The van der Waals surface area contributed by atoms with Crippen LogP contribution in [0.5, 0.6) is 11.5 Å². The van der Waals surface area contributed by atoms with E-state index in [4.69, 9.17) is 9.47 Å². The predicted octanol–water partition coefficient (Wildman–Crippen LogP) is 3.01. The van der Waals surface area contributed by atoms with Gasteiger partial charge < -0.3 is 9.47 Å². The second kappa shape index (κ2) is 9.18. The van der Waals surface area contributed by atoms with Gasteiger partial charge in [-0.1, -0.05) is 13.0 Å². The molecule has 0 aliphatic rings. The lowest BCUT2D eigenvalue weighted by Crippen LogP contribution is -2.19. The number of sulfonamides is 1. The van der Waals surface area contributed by atoms with E-state index < -0.39 is 14.9 Å². The summed E-state index contributed by atoms with van der Waals surface area (Å²) in [6.45, 7) is 4.00. The van der Waals surface area contributed by atoms with E-state index in [1.54, 1.807) is 25.1 Å². The SMILES string of the molecule is CCCOc1ccc(/C=N/NS(=O)(=O)c2cc(C)ccc2OC)cc1[N+](=O)[O-].